The smallest absolute Gasteiger partial charge is 0.295 e. The van der Waals surface area contributed by atoms with Crippen molar-refractivity contribution < 1.29 is 24.2 Å². The summed E-state index contributed by atoms with van der Waals surface area (Å²) in [6, 6.07) is 13.5. The van der Waals surface area contributed by atoms with Crippen molar-refractivity contribution in [3.63, 3.8) is 0 Å². The van der Waals surface area contributed by atoms with Gasteiger partial charge in [-0.05, 0) is 36.2 Å². The van der Waals surface area contributed by atoms with Crippen molar-refractivity contribution in [2.75, 3.05) is 26.9 Å². The minimum atomic E-state index is -0.714. The Balaban J connectivity index is 2.11. The van der Waals surface area contributed by atoms with Crippen LogP contribution < -0.4 is 4.74 Å². The molecule has 1 atom stereocenters. The highest BCUT2D eigenvalue weighted by Gasteiger charge is 2.45. The van der Waals surface area contributed by atoms with E-state index < -0.39 is 17.7 Å². The molecule has 7 heteroatoms. The Bertz CT molecular complexity index is 972. The molecule has 1 fully saturated rings. The first-order valence-corrected chi connectivity index (χ1v) is 10.5. The molecule has 1 aliphatic rings. The quantitative estimate of drug-likeness (QED) is 0.351. The van der Waals surface area contributed by atoms with Gasteiger partial charge in [0.25, 0.3) is 11.7 Å². The normalized spacial score (nSPS) is 18.1. The molecular formula is C23H24BrNO5. The van der Waals surface area contributed by atoms with E-state index >= 15 is 0 Å². The Kier molecular flexibility index (Phi) is 7.29. The Morgan fingerprint density at radius 1 is 1.13 bits per heavy atom. The van der Waals surface area contributed by atoms with Crippen molar-refractivity contribution in [2.24, 2.45) is 0 Å². The maximum Gasteiger partial charge on any atom is 0.295 e. The van der Waals surface area contributed by atoms with Crippen LogP contribution in [0.1, 0.15) is 30.5 Å². The van der Waals surface area contributed by atoms with Gasteiger partial charge in [-0.15, -0.1) is 0 Å². The zero-order valence-electron chi connectivity index (χ0n) is 16.9. The number of amides is 1. The average Bonchev–Trinajstić information content (AvgIpc) is 3.00. The van der Waals surface area contributed by atoms with E-state index in [1.807, 2.05) is 31.2 Å². The van der Waals surface area contributed by atoms with Gasteiger partial charge >= 0.3 is 0 Å². The standard InChI is InChI=1S/C23H24BrNO5/c1-3-11-30-18-9-5-7-16(14-18)21(26)19-20(15-6-4-8-17(24)13-15)25(10-12-29-2)23(28)22(19)27/h4-9,13-14,20,26H,3,10-12H2,1-2H3. The third-order valence-corrected chi connectivity index (χ3v) is 5.31. The number of ketones is 1. The number of aliphatic hydroxyl groups excluding tert-OH is 1. The maximum atomic E-state index is 12.9. The van der Waals surface area contributed by atoms with Gasteiger partial charge in [0.05, 0.1) is 24.8 Å². The molecule has 2 aromatic rings. The minimum Gasteiger partial charge on any atom is -0.507 e. The molecule has 2 aromatic carbocycles. The van der Waals surface area contributed by atoms with Crippen molar-refractivity contribution in [2.45, 2.75) is 19.4 Å². The van der Waals surface area contributed by atoms with E-state index in [4.69, 9.17) is 9.47 Å². The molecule has 1 aliphatic heterocycles. The predicted octanol–water partition coefficient (Wildman–Crippen LogP) is 4.31. The summed E-state index contributed by atoms with van der Waals surface area (Å²) in [6.45, 7) is 3.06. The lowest BCUT2D eigenvalue weighted by molar-refractivity contribution is -0.140. The largest absolute Gasteiger partial charge is 0.507 e. The van der Waals surface area contributed by atoms with Crippen molar-refractivity contribution in [3.8, 4) is 5.75 Å². The number of ether oxygens (including phenoxy) is 2. The molecule has 6 nitrogen and oxygen atoms in total. The molecule has 0 aliphatic carbocycles. The Labute approximate surface area is 184 Å². The number of hydrogen-bond acceptors (Lipinski definition) is 5. The first-order chi connectivity index (χ1) is 14.5. The van der Waals surface area contributed by atoms with Gasteiger partial charge in [-0.2, -0.15) is 0 Å². The van der Waals surface area contributed by atoms with Crippen LogP contribution in [-0.4, -0.2) is 48.6 Å². The molecule has 1 heterocycles. The highest BCUT2D eigenvalue weighted by atomic mass is 79.9. The topological polar surface area (TPSA) is 76.1 Å². The van der Waals surface area contributed by atoms with Crippen LogP contribution in [0.4, 0.5) is 0 Å². The van der Waals surface area contributed by atoms with E-state index in [2.05, 4.69) is 15.9 Å². The lowest BCUT2D eigenvalue weighted by atomic mass is 9.95. The molecule has 0 aromatic heterocycles. The molecule has 0 spiro atoms. The summed E-state index contributed by atoms with van der Waals surface area (Å²) in [5, 5.41) is 11.1. The number of aliphatic hydroxyl groups is 1. The summed E-state index contributed by atoms with van der Waals surface area (Å²) in [7, 11) is 1.53. The molecule has 1 N–H and O–H groups in total. The number of halogens is 1. The number of rotatable bonds is 8. The lowest BCUT2D eigenvalue weighted by Gasteiger charge is -2.25. The van der Waals surface area contributed by atoms with Crippen molar-refractivity contribution in [3.05, 3.63) is 69.7 Å². The third-order valence-electron chi connectivity index (χ3n) is 4.82. The number of nitrogens with zero attached hydrogens (tertiary/aromatic N) is 1. The fraction of sp³-hybridized carbons (Fsp3) is 0.304. The van der Waals surface area contributed by atoms with Gasteiger partial charge < -0.3 is 19.5 Å². The first-order valence-electron chi connectivity index (χ1n) is 9.74. The number of Topliss-reactive ketones (excluding diaryl/α,β-unsaturated/α-hetero) is 1. The summed E-state index contributed by atoms with van der Waals surface area (Å²) in [4.78, 5) is 27.1. The van der Waals surface area contributed by atoms with E-state index in [0.717, 1.165) is 16.5 Å². The Morgan fingerprint density at radius 2 is 1.90 bits per heavy atom. The fourth-order valence-electron chi connectivity index (χ4n) is 3.43. The molecule has 0 bridgehead atoms. The minimum absolute atomic E-state index is 0.0573. The van der Waals surface area contributed by atoms with E-state index in [1.54, 1.807) is 24.3 Å². The van der Waals surface area contributed by atoms with Gasteiger partial charge in [0.15, 0.2) is 0 Å². The molecule has 158 valence electrons. The van der Waals surface area contributed by atoms with Crippen molar-refractivity contribution in [1.82, 2.24) is 4.90 Å². The molecule has 0 saturated carbocycles. The second-order valence-electron chi connectivity index (χ2n) is 6.92. The SMILES string of the molecule is CCCOc1cccc(C(O)=C2C(=O)C(=O)N(CCOC)C2c2cccc(Br)c2)c1. The molecule has 1 saturated heterocycles. The number of benzene rings is 2. The molecular weight excluding hydrogens is 450 g/mol. The van der Waals surface area contributed by atoms with E-state index in [-0.39, 0.29) is 24.5 Å². The van der Waals surface area contributed by atoms with Crippen LogP contribution in [0.25, 0.3) is 5.76 Å². The van der Waals surface area contributed by atoms with Gasteiger partial charge in [-0.25, -0.2) is 0 Å². The summed E-state index contributed by atoms with van der Waals surface area (Å²) in [6.07, 6.45) is 0.851. The summed E-state index contributed by atoms with van der Waals surface area (Å²) in [5.74, 6) is -1.00. The van der Waals surface area contributed by atoms with E-state index in [0.29, 0.717) is 17.9 Å². The molecule has 3 rings (SSSR count). The van der Waals surface area contributed by atoms with Crippen LogP contribution >= 0.6 is 15.9 Å². The second-order valence-corrected chi connectivity index (χ2v) is 7.83. The summed E-state index contributed by atoms with van der Waals surface area (Å²) in [5.41, 5.74) is 1.20. The van der Waals surface area contributed by atoms with Gasteiger partial charge in [0, 0.05) is 23.7 Å². The van der Waals surface area contributed by atoms with Gasteiger partial charge in [0.2, 0.25) is 0 Å². The Hall–Kier alpha value is -2.64. The van der Waals surface area contributed by atoms with Crippen LogP contribution in [0.3, 0.4) is 0 Å². The zero-order chi connectivity index (χ0) is 21.7. The van der Waals surface area contributed by atoms with Crippen LogP contribution in [0.5, 0.6) is 5.75 Å². The number of likely N-dealkylation sites (tertiary alicyclic amines) is 1. The third kappa shape index (κ3) is 4.57. The number of methoxy groups -OCH3 is 1. The molecule has 0 radical (unpaired) electrons. The number of hydrogen-bond donors (Lipinski definition) is 1. The average molecular weight is 474 g/mol. The van der Waals surface area contributed by atoms with Crippen molar-refractivity contribution in [1.29, 1.82) is 0 Å². The highest BCUT2D eigenvalue weighted by molar-refractivity contribution is 9.10. The first kappa shape index (κ1) is 22.1. The number of carbonyl (C=O) groups excluding carboxylic acids is 2. The number of carbonyl (C=O) groups is 2. The molecule has 1 amide bonds. The van der Waals surface area contributed by atoms with E-state index in [9.17, 15) is 14.7 Å². The van der Waals surface area contributed by atoms with Crippen LogP contribution in [-0.2, 0) is 14.3 Å². The van der Waals surface area contributed by atoms with Crippen LogP contribution in [0.15, 0.2) is 58.6 Å². The fourth-order valence-corrected chi connectivity index (χ4v) is 3.85. The van der Waals surface area contributed by atoms with Gasteiger partial charge in [-0.3, -0.25) is 9.59 Å². The van der Waals surface area contributed by atoms with Crippen LogP contribution in [0.2, 0.25) is 0 Å². The maximum absolute atomic E-state index is 12.9. The molecule has 1 unspecified atom stereocenters. The summed E-state index contributed by atoms with van der Waals surface area (Å²) < 4.78 is 11.6. The second kappa shape index (κ2) is 9.91. The van der Waals surface area contributed by atoms with Gasteiger partial charge in [0.1, 0.15) is 11.5 Å². The Morgan fingerprint density at radius 3 is 2.60 bits per heavy atom. The summed E-state index contributed by atoms with van der Waals surface area (Å²) >= 11 is 3.44. The van der Waals surface area contributed by atoms with E-state index in [1.165, 1.54) is 12.0 Å². The zero-order valence-corrected chi connectivity index (χ0v) is 18.5. The van der Waals surface area contributed by atoms with Crippen LogP contribution in [0, 0.1) is 0 Å². The lowest BCUT2D eigenvalue weighted by Crippen LogP contribution is -2.32. The van der Waals surface area contributed by atoms with Crippen molar-refractivity contribution >= 4 is 33.4 Å². The highest BCUT2D eigenvalue weighted by Crippen LogP contribution is 2.40. The molecule has 30 heavy (non-hydrogen) atoms. The van der Waals surface area contributed by atoms with Gasteiger partial charge in [-0.1, -0.05) is 47.1 Å². The monoisotopic (exact) mass is 473 g/mol. The predicted molar refractivity (Wildman–Crippen MR) is 117 cm³/mol.